The first-order chi connectivity index (χ1) is 13.2. The Labute approximate surface area is 162 Å². The highest BCUT2D eigenvalue weighted by Crippen LogP contribution is 2.26. The smallest absolute Gasteiger partial charge is 0.166 e. The van der Waals surface area contributed by atoms with Gasteiger partial charge in [0.05, 0.1) is 6.61 Å². The molecule has 2 rings (SSSR count). The van der Waals surface area contributed by atoms with E-state index in [1.54, 1.807) is 18.2 Å². The highest BCUT2D eigenvalue weighted by molar-refractivity contribution is 5.64. The van der Waals surface area contributed by atoms with Crippen LogP contribution in [0.15, 0.2) is 42.5 Å². The summed E-state index contributed by atoms with van der Waals surface area (Å²) in [5, 5.41) is 0. The summed E-state index contributed by atoms with van der Waals surface area (Å²) >= 11 is 0. The molecule has 3 heteroatoms. The first kappa shape index (κ1) is 21.4. The predicted molar refractivity (Wildman–Crippen MR) is 109 cm³/mol. The normalized spacial score (nSPS) is 10.9. The lowest BCUT2D eigenvalue weighted by Gasteiger charge is -2.08. The highest BCUT2D eigenvalue weighted by Gasteiger charge is 2.09. The van der Waals surface area contributed by atoms with E-state index >= 15 is 0 Å². The molecule has 0 aromatic heterocycles. The van der Waals surface area contributed by atoms with Crippen LogP contribution < -0.4 is 4.74 Å². The van der Waals surface area contributed by atoms with E-state index in [9.17, 15) is 8.78 Å². The van der Waals surface area contributed by atoms with Crippen molar-refractivity contribution in [2.45, 2.75) is 71.1 Å². The third kappa shape index (κ3) is 7.70. The summed E-state index contributed by atoms with van der Waals surface area (Å²) in [7, 11) is 0. The number of hydrogen-bond donors (Lipinski definition) is 0. The summed E-state index contributed by atoms with van der Waals surface area (Å²) < 4.78 is 32.9. The molecule has 0 aliphatic heterocycles. The number of ether oxygens (including phenoxy) is 1. The van der Waals surface area contributed by atoms with Crippen LogP contribution >= 0.6 is 0 Å². The van der Waals surface area contributed by atoms with Crippen molar-refractivity contribution in [3.05, 3.63) is 54.1 Å². The fourth-order valence-corrected chi connectivity index (χ4v) is 3.24. The van der Waals surface area contributed by atoms with Crippen molar-refractivity contribution in [3.63, 3.8) is 0 Å². The van der Waals surface area contributed by atoms with Crippen molar-refractivity contribution in [1.82, 2.24) is 0 Å². The average molecular weight is 375 g/mol. The number of benzene rings is 2. The van der Waals surface area contributed by atoms with Gasteiger partial charge in [-0.05, 0) is 30.2 Å². The fourth-order valence-electron chi connectivity index (χ4n) is 3.24. The van der Waals surface area contributed by atoms with Crippen LogP contribution in [0.5, 0.6) is 5.75 Å². The third-order valence-corrected chi connectivity index (χ3v) is 4.88. The lowest BCUT2D eigenvalue weighted by Crippen LogP contribution is -1.97. The van der Waals surface area contributed by atoms with Crippen LogP contribution in [0.3, 0.4) is 0 Å². The zero-order chi connectivity index (χ0) is 19.3. The molecule has 0 radical (unpaired) electrons. The molecule has 0 bridgehead atoms. The van der Waals surface area contributed by atoms with Crippen LogP contribution in [-0.2, 0) is 0 Å². The van der Waals surface area contributed by atoms with Gasteiger partial charge in [0.2, 0.25) is 0 Å². The molecule has 2 aromatic carbocycles. The molecule has 148 valence electrons. The SMILES string of the molecule is CCCCCCCCCCCCOc1ccc(-c2cccc(F)c2F)cc1. The largest absolute Gasteiger partial charge is 0.494 e. The molecule has 0 atom stereocenters. The van der Waals surface area contributed by atoms with Crippen molar-refractivity contribution in [1.29, 1.82) is 0 Å². The molecule has 0 saturated carbocycles. The van der Waals surface area contributed by atoms with Crippen molar-refractivity contribution < 1.29 is 13.5 Å². The molecular formula is C24H32F2O. The first-order valence-electron chi connectivity index (χ1n) is 10.4. The summed E-state index contributed by atoms with van der Waals surface area (Å²) in [6, 6.07) is 11.4. The van der Waals surface area contributed by atoms with Crippen LogP contribution in [0.25, 0.3) is 11.1 Å². The van der Waals surface area contributed by atoms with E-state index < -0.39 is 11.6 Å². The number of halogens is 2. The Kier molecular flexibility index (Phi) is 9.89. The Hall–Kier alpha value is -1.90. The average Bonchev–Trinajstić information content (AvgIpc) is 2.69. The van der Waals surface area contributed by atoms with Crippen molar-refractivity contribution >= 4 is 0 Å². The van der Waals surface area contributed by atoms with E-state index in [1.165, 1.54) is 63.9 Å². The van der Waals surface area contributed by atoms with Gasteiger partial charge in [-0.2, -0.15) is 0 Å². The Balaban J connectivity index is 1.60. The minimum Gasteiger partial charge on any atom is -0.494 e. The van der Waals surface area contributed by atoms with E-state index in [1.807, 2.05) is 12.1 Å². The van der Waals surface area contributed by atoms with Crippen LogP contribution in [-0.4, -0.2) is 6.61 Å². The summed E-state index contributed by atoms with van der Waals surface area (Å²) in [4.78, 5) is 0. The second kappa shape index (κ2) is 12.5. The molecule has 0 fully saturated rings. The molecule has 0 amide bonds. The minimum atomic E-state index is -0.825. The Morgan fingerprint density at radius 3 is 1.93 bits per heavy atom. The predicted octanol–water partition coefficient (Wildman–Crippen LogP) is 7.93. The Morgan fingerprint density at radius 2 is 1.30 bits per heavy atom. The summed E-state index contributed by atoms with van der Waals surface area (Å²) in [6.07, 6.45) is 13.0. The Morgan fingerprint density at radius 1 is 0.704 bits per heavy atom. The van der Waals surface area contributed by atoms with Gasteiger partial charge in [0.25, 0.3) is 0 Å². The lowest BCUT2D eigenvalue weighted by atomic mass is 10.0. The number of rotatable bonds is 13. The summed E-state index contributed by atoms with van der Waals surface area (Å²) in [6.45, 7) is 2.95. The van der Waals surface area contributed by atoms with Gasteiger partial charge < -0.3 is 4.74 Å². The minimum absolute atomic E-state index is 0.274. The van der Waals surface area contributed by atoms with Gasteiger partial charge >= 0.3 is 0 Å². The van der Waals surface area contributed by atoms with Gasteiger partial charge in [0.15, 0.2) is 11.6 Å². The van der Waals surface area contributed by atoms with E-state index in [2.05, 4.69) is 6.92 Å². The first-order valence-corrected chi connectivity index (χ1v) is 10.4. The van der Waals surface area contributed by atoms with Gasteiger partial charge in [0.1, 0.15) is 5.75 Å². The Bertz CT molecular complexity index is 652. The monoisotopic (exact) mass is 374 g/mol. The molecule has 0 spiro atoms. The lowest BCUT2D eigenvalue weighted by molar-refractivity contribution is 0.304. The molecule has 2 aromatic rings. The second-order valence-electron chi connectivity index (χ2n) is 7.16. The van der Waals surface area contributed by atoms with Crippen LogP contribution in [0.1, 0.15) is 71.1 Å². The van der Waals surface area contributed by atoms with E-state index in [0.29, 0.717) is 12.2 Å². The van der Waals surface area contributed by atoms with Crippen LogP contribution in [0.2, 0.25) is 0 Å². The quantitative estimate of drug-likeness (QED) is 0.323. The maximum atomic E-state index is 13.8. The molecule has 0 heterocycles. The zero-order valence-electron chi connectivity index (χ0n) is 16.5. The van der Waals surface area contributed by atoms with E-state index in [0.717, 1.165) is 18.2 Å². The second-order valence-corrected chi connectivity index (χ2v) is 7.16. The molecule has 0 aliphatic carbocycles. The maximum Gasteiger partial charge on any atom is 0.166 e. The van der Waals surface area contributed by atoms with Crippen molar-refractivity contribution in [3.8, 4) is 16.9 Å². The standard InChI is InChI=1S/C24H32F2O/c1-2-3-4-5-6-7-8-9-10-11-19-27-21-17-15-20(16-18-21)22-13-12-14-23(25)24(22)26/h12-18H,2-11,19H2,1H3. The molecular weight excluding hydrogens is 342 g/mol. The van der Waals surface area contributed by atoms with E-state index in [-0.39, 0.29) is 5.56 Å². The van der Waals surface area contributed by atoms with Crippen LogP contribution in [0, 0.1) is 11.6 Å². The van der Waals surface area contributed by atoms with Crippen LogP contribution in [0.4, 0.5) is 8.78 Å². The van der Waals surface area contributed by atoms with E-state index in [4.69, 9.17) is 4.74 Å². The molecule has 0 unspecified atom stereocenters. The van der Waals surface area contributed by atoms with Gasteiger partial charge in [-0.25, -0.2) is 8.78 Å². The van der Waals surface area contributed by atoms with Crippen molar-refractivity contribution in [2.24, 2.45) is 0 Å². The third-order valence-electron chi connectivity index (χ3n) is 4.88. The zero-order valence-corrected chi connectivity index (χ0v) is 16.5. The number of hydrogen-bond acceptors (Lipinski definition) is 1. The van der Waals surface area contributed by atoms with Gasteiger partial charge in [0, 0.05) is 5.56 Å². The summed E-state index contributed by atoms with van der Waals surface area (Å²) in [5.74, 6) is -0.864. The number of unbranched alkanes of at least 4 members (excludes halogenated alkanes) is 9. The molecule has 27 heavy (non-hydrogen) atoms. The van der Waals surface area contributed by atoms with Gasteiger partial charge in [-0.3, -0.25) is 0 Å². The molecule has 1 nitrogen and oxygen atoms in total. The fraction of sp³-hybridized carbons (Fsp3) is 0.500. The molecule has 0 aliphatic rings. The highest BCUT2D eigenvalue weighted by atomic mass is 19.2. The molecule has 0 saturated heterocycles. The summed E-state index contributed by atoms with van der Waals surface area (Å²) in [5.41, 5.74) is 0.925. The van der Waals surface area contributed by atoms with Crippen molar-refractivity contribution in [2.75, 3.05) is 6.61 Å². The van der Waals surface area contributed by atoms with Gasteiger partial charge in [-0.15, -0.1) is 0 Å². The maximum absolute atomic E-state index is 13.8. The molecule has 0 N–H and O–H groups in total. The topological polar surface area (TPSA) is 9.23 Å². The van der Waals surface area contributed by atoms with Gasteiger partial charge in [-0.1, -0.05) is 89.0 Å².